The van der Waals surface area contributed by atoms with Gasteiger partial charge >= 0.3 is 12.1 Å². The molecule has 2 aromatic carbocycles. The molecule has 0 aliphatic carbocycles. The quantitative estimate of drug-likeness (QED) is 0.264. The summed E-state index contributed by atoms with van der Waals surface area (Å²) in [5.41, 5.74) is 1.29. The summed E-state index contributed by atoms with van der Waals surface area (Å²) in [6.07, 6.45) is -0.259. The van der Waals surface area contributed by atoms with Crippen LogP contribution in [0.4, 0.5) is 10.5 Å². The van der Waals surface area contributed by atoms with E-state index in [0.717, 1.165) is 5.56 Å². The van der Waals surface area contributed by atoms with Gasteiger partial charge in [-0.3, -0.25) is 10.1 Å². The monoisotopic (exact) mass is 396 g/mol. The lowest BCUT2D eigenvalue weighted by Gasteiger charge is -2.06. The molecule has 0 heterocycles. The second-order valence-corrected chi connectivity index (χ2v) is 5.96. The van der Waals surface area contributed by atoms with Crippen molar-refractivity contribution < 1.29 is 24.0 Å². The lowest BCUT2D eigenvalue weighted by atomic mass is 10.0. The Morgan fingerprint density at radius 3 is 2.59 bits per heavy atom. The molecular formula is C21H20N2O6. The summed E-state index contributed by atoms with van der Waals surface area (Å²) in [7, 11) is 1.20. The number of nitro benzene ring substituents is 1. The number of nitro groups is 1. The zero-order valence-corrected chi connectivity index (χ0v) is 16.1. The van der Waals surface area contributed by atoms with Crippen LogP contribution in [0.2, 0.25) is 0 Å². The first-order chi connectivity index (χ1) is 13.9. The molecule has 0 atom stereocenters. The van der Waals surface area contributed by atoms with Crippen LogP contribution in [0.25, 0.3) is 0 Å². The predicted octanol–water partition coefficient (Wildman–Crippen LogP) is 3.36. The molecule has 0 unspecified atom stereocenters. The predicted molar refractivity (Wildman–Crippen MR) is 105 cm³/mol. The summed E-state index contributed by atoms with van der Waals surface area (Å²) in [5.74, 6) is 4.90. The van der Waals surface area contributed by atoms with Gasteiger partial charge in [0.05, 0.1) is 17.6 Å². The Morgan fingerprint density at radius 2 is 1.93 bits per heavy atom. The summed E-state index contributed by atoms with van der Waals surface area (Å²) >= 11 is 0. The molecule has 1 amide bonds. The van der Waals surface area contributed by atoms with Crippen LogP contribution in [0.3, 0.4) is 0 Å². The number of rotatable bonds is 6. The maximum Gasteiger partial charge on any atom is 0.407 e. The molecule has 0 aromatic heterocycles. The van der Waals surface area contributed by atoms with Gasteiger partial charge in [-0.15, -0.1) is 0 Å². The molecule has 150 valence electrons. The largest absolute Gasteiger partial charge is 0.465 e. The van der Waals surface area contributed by atoms with Crippen LogP contribution in [-0.2, 0) is 16.1 Å². The number of hydrogen-bond acceptors (Lipinski definition) is 6. The van der Waals surface area contributed by atoms with E-state index < -0.39 is 17.0 Å². The molecule has 0 saturated heterocycles. The zero-order valence-electron chi connectivity index (χ0n) is 16.1. The SMILES string of the molecule is COC(=O)c1cc(C#CCCNC(=O)OCc2ccccc2)cc([N+](=O)[O-])c1C. The summed E-state index contributed by atoms with van der Waals surface area (Å²) in [6, 6.07) is 12.0. The van der Waals surface area contributed by atoms with Crippen molar-refractivity contribution in [3.63, 3.8) is 0 Å². The maximum absolute atomic E-state index is 11.8. The molecule has 0 bridgehead atoms. The van der Waals surface area contributed by atoms with Crippen LogP contribution in [0, 0.1) is 28.9 Å². The van der Waals surface area contributed by atoms with Gasteiger partial charge in [-0.05, 0) is 18.6 Å². The minimum absolute atomic E-state index is 0.0913. The number of nitrogens with zero attached hydrogens (tertiary/aromatic N) is 1. The van der Waals surface area contributed by atoms with E-state index in [1.165, 1.54) is 26.2 Å². The van der Waals surface area contributed by atoms with Crippen molar-refractivity contribution in [2.24, 2.45) is 0 Å². The third-order valence-corrected chi connectivity index (χ3v) is 3.95. The molecular weight excluding hydrogens is 376 g/mol. The summed E-state index contributed by atoms with van der Waals surface area (Å²) < 4.78 is 9.74. The number of amides is 1. The van der Waals surface area contributed by atoms with Gasteiger partial charge in [0.15, 0.2) is 0 Å². The van der Waals surface area contributed by atoms with E-state index >= 15 is 0 Å². The van der Waals surface area contributed by atoms with Crippen LogP contribution in [0.1, 0.15) is 33.5 Å². The molecule has 0 fully saturated rings. The molecule has 8 nitrogen and oxygen atoms in total. The maximum atomic E-state index is 11.8. The number of esters is 1. The average molecular weight is 396 g/mol. The number of alkyl carbamates (subject to hydrolysis) is 1. The third-order valence-electron chi connectivity index (χ3n) is 3.95. The fourth-order valence-corrected chi connectivity index (χ4v) is 2.45. The molecule has 29 heavy (non-hydrogen) atoms. The molecule has 2 rings (SSSR count). The van der Waals surface area contributed by atoms with Crippen LogP contribution >= 0.6 is 0 Å². The smallest absolute Gasteiger partial charge is 0.407 e. The van der Waals surface area contributed by atoms with Gasteiger partial charge in [0.25, 0.3) is 5.69 Å². The fraction of sp³-hybridized carbons (Fsp3) is 0.238. The van der Waals surface area contributed by atoms with Gasteiger partial charge in [-0.1, -0.05) is 42.2 Å². The second kappa shape index (κ2) is 10.5. The van der Waals surface area contributed by atoms with Gasteiger partial charge in [-0.2, -0.15) is 0 Å². The van der Waals surface area contributed by atoms with Crippen molar-refractivity contribution in [2.75, 3.05) is 13.7 Å². The normalized spacial score (nSPS) is 9.72. The highest BCUT2D eigenvalue weighted by Gasteiger charge is 2.20. The van der Waals surface area contributed by atoms with Gasteiger partial charge in [-0.25, -0.2) is 9.59 Å². The van der Waals surface area contributed by atoms with Crippen LogP contribution in [-0.4, -0.2) is 30.6 Å². The molecule has 0 aliphatic heterocycles. The van der Waals surface area contributed by atoms with Crippen LogP contribution < -0.4 is 5.32 Å². The van der Waals surface area contributed by atoms with Crippen molar-refractivity contribution in [1.82, 2.24) is 5.32 Å². The molecule has 0 saturated carbocycles. The van der Waals surface area contributed by atoms with E-state index in [1.54, 1.807) is 0 Å². The Hall–Kier alpha value is -3.86. The van der Waals surface area contributed by atoms with Gasteiger partial charge < -0.3 is 14.8 Å². The highest BCUT2D eigenvalue weighted by atomic mass is 16.6. The highest BCUT2D eigenvalue weighted by Crippen LogP contribution is 2.24. The Balaban J connectivity index is 1.92. The van der Waals surface area contributed by atoms with Crippen molar-refractivity contribution in [3.05, 3.63) is 74.8 Å². The lowest BCUT2D eigenvalue weighted by Crippen LogP contribution is -2.24. The molecule has 0 aliphatic rings. The summed E-state index contributed by atoms with van der Waals surface area (Å²) in [5, 5.41) is 13.8. The van der Waals surface area contributed by atoms with Gasteiger partial charge in [0, 0.05) is 30.2 Å². The van der Waals surface area contributed by atoms with E-state index in [1.807, 2.05) is 30.3 Å². The number of ether oxygens (including phenoxy) is 2. The Morgan fingerprint density at radius 1 is 1.21 bits per heavy atom. The number of hydrogen-bond donors (Lipinski definition) is 1. The van der Waals surface area contributed by atoms with Crippen LogP contribution in [0.5, 0.6) is 0 Å². The molecule has 1 N–H and O–H groups in total. The van der Waals surface area contributed by atoms with Gasteiger partial charge in [0.2, 0.25) is 0 Å². The number of carbonyl (C=O) groups is 2. The van der Waals surface area contributed by atoms with E-state index in [0.29, 0.717) is 12.0 Å². The van der Waals surface area contributed by atoms with Gasteiger partial charge in [0.1, 0.15) is 6.61 Å². The van der Waals surface area contributed by atoms with E-state index in [-0.39, 0.29) is 30.0 Å². The Bertz CT molecular complexity index is 960. The third kappa shape index (κ3) is 6.36. The number of carbonyl (C=O) groups excluding carboxylic acids is 2. The summed E-state index contributed by atoms with van der Waals surface area (Å²) in [6.45, 7) is 1.90. The first kappa shape index (κ1) is 21.4. The fourth-order valence-electron chi connectivity index (χ4n) is 2.45. The molecule has 0 spiro atoms. The molecule has 2 aromatic rings. The Kier molecular flexibility index (Phi) is 7.74. The van der Waals surface area contributed by atoms with E-state index in [2.05, 4.69) is 21.9 Å². The lowest BCUT2D eigenvalue weighted by molar-refractivity contribution is -0.385. The van der Waals surface area contributed by atoms with Crippen molar-refractivity contribution in [3.8, 4) is 11.8 Å². The molecule has 0 radical (unpaired) electrons. The van der Waals surface area contributed by atoms with Crippen molar-refractivity contribution in [1.29, 1.82) is 0 Å². The first-order valence-corrected chi connectivity index (χ1v) is 8.73. The second-order valence-electron chi connectivity index (χ2n) is 5.96. The van der Waals surface area contributed by atoms with Crippen molar-refractivity contribution in [2.45, 2.75) is 20.0 Å². The topological polar surface area (TPSA) is 108 Å². The van der Waals surface area contributed by atoms with E-state index in [4.69, 9.17) is 4.74 Å². The number of nitrogens with one attached hydrogen (secondary N) is 1. The van der Waals surface area contributed by atoms with E-state index in [9.17, 15) is 19.7 Å². The zero-order chi connectivity index (χ0) is 21.2. The van der Waals surface area contributed by atoms with Crippen LogP contribution in [0.15, 0.2) is 42.5 Å². The highest BCUT2D eigenvalue weighted by molar-refractivity contribution is 5.92. The first-order valence-electron chi connectivity index (χ1n) is 8.73. The average Bonchev–Trinajstić information content (AvgIpc) is 2.72. The molecule has 8 heteroatoms. The summed E-state index contributed by atoms with van der Waals surface area (Å²) in [4.78, 5) is 34.1. The Labute approximate surface area is 168 Å². The number of methoxy groups -OCH3 is 1. The van der Waals surface area contributed by atoms with Crippen molar-refractivity contribution >= 4 is 17.7 Å². The minimum Gasteiger partial charge on any atom is -0.465 e. The number of benzene rings is 2. The standard InChI is InChI=1S/C21H20N2O6/c1-15-18(20(24)28-2)12-17(13-19(15)23(26)27)10-6-7-11-22-21(25)29-14-16-8-4-3-5-9-16/h3-5,8-9,12-13H,7,11,14H2,1-2H3,(H,22,25). The minimum atomic E-state index is -0.669.